The highest BCUT2D eigenvalue weighted by Crippen LogP contribution is 2.37. The molecule has 164 valence electrons. The number of aromatic nitrogens is 3. The van der Waals surface area contributed by atoms with Gasteiger partial charge >= 0.3 is 0 Å². The Morgan fingerprint density at radius 2 is 1.67 bits per heavy atom. The lowest BCUT2D eigenvalue weighted by Crippen LogP contribution is -2.31. The smallest absolute Gasteiger partial charge is 0.162 e. The number of anilines is 1. The molecule has 0 aliphatic rings. The fraction of sp³-hybridized carbons (Fsp3) is 0.115. The molecular weight excluding hydrogens is 494 g/mol. The molecule has 33 heavy (non-hydrogen) atoms. The van der Waals surface area contributed by atoms with Gasteiger partial charge < -0.3 is 11.1 Å². The first-order valence-electron chi connectivity index (χ1n) is 10.7. The van der Waals surface area contributed by atoms with Gasteiger partial charge in [0.15, 0.2) is 5.82 Å². The maximum Gasteiger partial charge on any atom is 0.162 e. The van der Waals surface area contributed by atoms with E-state index in [4.69, 9.17) is 15.7 Å². The third-order valence-electron chi connectivity index (χ3n) is 5.38. The fourth-order valence-corrected chi connectivity index (χ4v) is 4.96. The average molecular weight is 516 g/mol. The van der Waals surface area contributed by atoms with E-state index in [1.165, 1.54) is 5.56 Å². The van der Waals surface area contributed by atoms with Gasteiger partial charge in [-0.25, -0.2) is 9.97 Å². The van der Waals surface area contributed by atoms with Gasteiger partial charge in [-0.2, -0.15) is 0 Å². The molecule has 0 unspecified atom stereocenters. The van der Waals surface area contributed by atoms with Crippen LogP contribution >= 0.6 is 27.3 Å². The molecule has 0 aliphatic heterocycles. The third-order valence-corrected chi connectivity index (χ3v) is 6.89. The number of rotatable bonds is 7. The third kappa shape index (κ3) is 4.95. The van der Waals surface area contributed by atoms with E-state index in [1.807, 2.05) is 42.5 Å². The van der Waals surface area contributed by atoms with Crippen molar-refractivity contribution in [2.24, 2.45) is 5.73 Å². The molecule has 0 saturated heterocycles. The van der Waals surface area contributed by atoms with Gasteiger partial charge in [0.1, 0.15) is 5.82 Å². The summed E-state index contributed by atoms with van der Waals surface area (Å²) in [4.78, 5) is 13.9. The number of hydrogen-bond donors (Lipinski definition) is 2. The second-order valence-corrected chi connectivity index (χ2v) is 9.59. The van der Waals surface area contributed by atoms with E-state index in [9.17, 15) is 0 Å². The maximum atomic E-state index is 6.44. The first-order valence-corrected chi connectivity index (χ1v) is 12.3. The Morgan fingerprint density at radius 1 is 0.909 bits per heavy atom. The summed E-state index contributed by atoms with van der Waals surface area (Å²) in [6.45, 7) is 0.613. The van der Waals surface area contributed by atoms with E-state index >= 15 is 0 Å². The zero-order valence-corrected chi connectivity index (χ0v) is 20.2. The van der Waals surface area contributed by atoms with Crippen LogP contribution in [0.4, 0.5) is 5.82 Å². The average Bonchev–Trinajstić information content (AvgIpc) is 3.28. The standard InChI is InChI=1S/C26H22BrN5S/c27-20-8-6-18(7-9-20)22-16-33-24-23(22)31-25(19-10-12-29-13-11-19)32-26(24)30-15-21(28)14-17-4-2-1-3-5-17/h1-13,16,21H,14-15,28H2,(H,30,31,32)/t21-/m1/s1. The summed E-state index contributed by atoms with van der Waals surface area (Å²) in [5.74, 6) is 1.48. The number of hydrogen-bond acceptors (Lipinski definition) is 6. The molecule has 3 N–H and O–H groups in total. The molecule has 0 amide bonds. The normalized spacial score (nSPS) is 12.1. The highest BCUT2D eigenvalue weighted by atomic mass is 79.9. The number of thiophene rings is 1. The number of fused-ring (bicyclic) bond motifs is 1. The highest BCUT2D eigenvalue weighted by Gasteiger charge is 2.16. The summed E-state index contributed by atoms with van der Waals surface area (Å²) < 4.78 is 2.07. The summed E-state index contributed by atoms with van der Waals surface area (Å²) in [6.07, 6.45) is 4.32. The number of nitrogens with two attached hydrogens (primary N) is 1. The molecule has 7 heteroatoms. The van der Waals surface area contributed by atoms with Crippen LogP contribution in [0.25, 0.3) is 32.7 Å². The molecule has 0 spiro atoms. The number of halogens is 1. The van der Waals surface area contributed by atoms with Gasteiger partial charge in [-0.1, -0.05) is 58.4 Å². The van der Waals surface area contributed by atoms with E-state index < -0.39 is 0 Å². The molecule has 0 bridgehead atoms. The van der Waals surface area contributed by atoms with Crippen molar-refractivity contribution >= 4 is 43.3 Å². The molecule has 0 saturated carbocycles. The molecule has 0 aliphatic carbocycles. The highest BCUT2D eigenvalue weighted by molar-refractivity contribution is 9.10. The van der Waals surface area contributed by atoms with Gasteiger partial charge in [0.05, 0.1) is 10.2 Å². The molecule has 5 aromatic rings. The lowest BCUT2D eigenvalue weighted by molar-refractivity contribution is 0.698. The van der Waals surface area contributed by atoms with Crippen LogP contribution < -0.4 is 11.1 Å². The lowest BCUT2D eigenvalue weighted by atomic mass is 10.1. The topological polar surface area (TPSA) is 76.7 Å². The van der Waals surface area contributed by atoms with Gasteiger partial charge in [-0.3, -0.25) is 4.98 Å². The Labute approximate surface area is 204 Å². The molecule has 3 aromatic heterocycles. The Bertz CT molecular complexity index is 1350. The number of pyridine rings is 1. The first kappa shape index (κ1) is 21.7. The molecule has 3 heterocycles. The number of benzene rings is 2. The molecular formula is C26H22BrN5S. The van der Waals surface area contributed by atoms with Gasteiger partial charge in [0.25, 0.3) is 0 Å². The predicted molar refractivity (Wildman–Crippen MR) is 140 cm³/mol. The lowest BCUT2D eigenvalue weighted by Gasteiger charge is -2.15. The quantitative estimate of drug-likeness (QED) is 0.271. The van der Waals surface area contributed by atoms with Crippen molar-refractivity contribution in [2.75, 3.05) is 11.9 Å². The minimum Gasteiger partial charge on any atom is -0.367 e. The largest absolute Gasteiger partial charge is 0.367 e. The van der Waals surface area contributed by atoms with Crippen molar-refractivity contribution in [2.45, 2.75) is 12.5 Å². The monoisotopic (exact) mass is 515 g/mol. The van der Waals surface area contributed by atoms with Crippen molar-refractivity contribution < 1.29 is 0 Å². The van der Waals surface area contributed by atoms with E-state index in [0.29, 0.717) is 12.4 Å². The minimum atomic E-state index is -0.0345. The second kappa shape index (κ2) is 9.79. The van der Waals surface area contributed by atoms with E-state index in [2.05, 4.69) is 55.9 Å². The first-order chi connectivity index (χ1) is 16.2. The van der Waals surface area contributed by atoms with Gasteiger partial charge in [0.2, 0.25) is 0 Å². The van der Waals surface area contributed by atoms with Gasteiger partial charge in [-0.15, -0.1) is 11.3 Å². The van der Waals surface area contributed by atoms with Crippen LogP contribution in [0.2, 0.25) is 0 Å². The Kier molecular flexibility index (Phi) is 6.44. The Balaban J connectivity index is 1.50. The molecule has 5 rings (SSSR count). The van der Waals surface area contributed by atoms with Crippen molar-refractivity contribution in [1.29, 1.82) is 0 Å². The van der Waals surface area contributed by atoms with Crippen molar-refractivity contribution in [3.8, 4) is 22.5 Å². The van der Waals surface area contributed by atoms with Crippen LogP contribution in [0.1, 0.15) is 5.56 Å². The Hall–Kier alpha value is -3.13. The minimum absolute atomic E-state index is 0.0345. The summed E-state index contributed by atoms with van der Waals surface area (Å²) in [5, 5.41) is 5.65. The van der Waals surface area contributed by atoms with Crippen LogP contribution in [0.5, 0.6) is 0 Å². The van der Waals surface area contributed by atoms with Crippen molar-refractivity contribution in [3.63, 3.8) is 0 Å². The molecule has 0 fully saturated rings. The van der Waals surface area contributed by atoms with Crippen LogP contribution in [0, 0.1) is 0 Å². The zero-order valence-electron chi connectivity index (χ0n) is 17.8. The van der Waals surface area contributed by atoms with Gasteiger partial charge in [-0.05, 0) is 41.8 Å². The zero-order chi connectivity index (χ0) is 22.6. The van der Waals surface area contributed by atoms with Gasteiger partial charge in [0, 0.05) is 46.0 Å². The fourth-order valence-electron chi connectivity index (χ4n) is 3.72. The summed E-state index contributed by atoms with van der Waals surface area (Å²) >= 11 is 5.17. The van der Waals surface area contributed by atoms with Crippen LogP contribution in [0.3, 0.4) is 0 Å². The SMILES string of the molecule is N[C@@H](CNc1nc(-c2ccncc2)nc2c(-c3ccc(Br)cc3)csc12)Cc1ccccc1. The summed E-state index contributed by atoms with van der Waals surface area (Å²) in [6, 6.07) is 22.4. The van der Waals surface area contributed by atoms with E-state index in [-0.39, 0.29) is 6.04 Å². The predicted octanol–water partition coefficient (Wildman–Crippen LogP) is 6.16. The van der Waals surface area contributed by atoms with Crippen LogP contribution in [-0.2, 0) is 6.42 Å². The summed E-state index contributed by atoms with van der Waals surface area (Å²) in [5.41, 5.74) is 11.7. The number of nitrogens with one attached hydrogen (secondary N) is 1. The molecule has 5 nitrogen and oxygen atoms in total. The van der Waals surface area contributed by atoms with Crippen molar-refractivity contribution in [1.82, 2.24) is 15.0 Å². The van der Waals surface area contributed by atoms with E-state index in [1.54, 1.807) is 23.7 Å². The molecule has 0 radical (unpaired) electrons. The Morgan fingerprint density at radius 3 is 2.42 bits per heavy atom. The van der Waals surface area contributed by atoms with Crippen LogP contribution in [0.15, 0.2) is 89.0 Å². The second-order valence-electron chi connectivity index (χ2n) is 7.80. The van der Waals surface area contributed by atoms with Crippen molar-refractivity contribution in [3.05, 3.63) is 94.5 Å². The maximum absolute atomic E-state index is 6.44. The van der Waals surface area contributed by atoms with E-state index in [0.717, 1.165) is 43.6 Å². The van der Waals surface area contributed by atoms with Crippen LogP contribution in [-0.4, -0.2) is 27.5 Å². The molecule has 2 aromatic carbocycles. The summed E-state index contributed by atoms with van der Waals surface area (Å²) in [7, 11) is 0. The molecule has 1 atom stereocenters. The number of nitrogens with zero attached hydrogens (tertiary/aromatic N) is 3.